The number of hydrogen-bond donors (Lipinski definition) is 1. The fourth-order valence-corrected chi connectivity index (χ4v) is 5.80. The molecule has 0 aromatic carbocycles. The molecule has 2 aromatic rings. The lowest BCUT2D eigenvalue weighted by Gasteiger charge is -2.32. The summed E-state index contributed by atoms with van der Waals surface area (Å²) in [7, 11) is 0. The lowest BCUT2D eigenvalue weighted by atomic mass is 9.92. The van der Waals surface area contributed by atoms with E-state index >= 15 is 0 Å². The van der Waals surface area contributed by atoms with Gasteiger partial charge >= 0.3 is 0 Å². The second-order valence-electron chi connectivity index (χ2n) is 9.98. The van der Waals surface area contributed by atoms with Crippen LogP contribution in [0.4, 0.5) is 5.82 Å². The van der Waals surface area contributed by atoms with Crippen LogP contribution < -0.4 is 5.43 Å². The Bertz CT molecular complexity index is 850. The Hall–Kier alpha value is -1.44. The van der Waals surface area contributed by atoms with Gasteiger partial charge in [0.2, 0.25) is 5.28 Å². The normalized spacial score (nSPS) is 18.7. The van der Waals surface area contributed by atoms with Gasteiger partial charge in [0.25, 0.3) is 0 Å². The number of nitrogens with zero attached hydrogens (tertiary/aromatic N) is 6. The largest absolute Gasteiger partial charge is 0.312 e. The van der Waals surface area contributed by atoms with Gasteiger partial charge in [-0.25, -0.2) is 9.99 Å². The highest BCUT2D eigenvalue weighted by atomic mass is 35.5. The molecular weight excluding hydrogens is 434 g/mol. The van der Waals surface area contributed by atoms with Crippen molar-refractivity contribution in [2.24, 2.45) is 5.92 Å². The molecule has 1 saturated heterocycles. The van der Waals surface area contributed by atoms with Crippen molar-refractivity contribution >= 4 is 28.6 Å². The fourth-order valence-electron chi connectivity index (χ4n) is 5.64. The third-order valence-electron chi connectivity index (χ3n) is 7.41. The lowest BCUT2D eigenvalue weighted by Crippen LogP contribution is -2.38. The summed E-state index contributed by atoms with van der Waals surface area (Å²) in [5, 5.41) is 2.58. The van der Waals surface area contributed by atoms with Gasteiger partial charge in [0.05, 0.1) is 6.33 Å². The molecule has 1 N–H and O–H groups in total. The molecule has 2 aromatic heterocycles. The van der Waals surface area contributed by atoms with Crippen LogP contribution in [0, 0.1) is 5.92 Å². The molecule has 1 aliphatic heterocycles. The first-order valence-corrected chi connectivity index (χ1v) is 13.7. The number of hydrogen-bond acceptors (Lipinski definition) is 6. The predicted molar refractivity (Wildman–Crippen MR) is 137 cm³/mol. The van der Waals surface area contributed by atoms with Crippen LogP contribution in [0.15, 0.2) is 6.33 Å². The van der Waals surface area contributed by atoms with Crippen LogP contribution >= 0.6 is 11.6 Å². The first-order chi connectivity index (χ1) is 16.2. The van der Waals surface area contributed by atoms with Gasteiger partial charge in [-0.2, -0.15) is 9.97 Å². The number of anilines is 1. The Morgan fingerprint density at radius 3 is 2.42 bits per heavy atom. The summed E-state index contributed by atoms with van der Waals surface area (Å²) in [5.74, 6) is 1.58. The molecule has 8 heteroatoms. The van der Waals surface area contributed by atoms with Crippen LogP contribution in [-0.4, -0.2) is 62.2 Å². The van der Waals surface area contributed by atoms with Gasteiger partial charge in [-0.3, -0.25) is 0 Å². The SMILES string of the molecule is CCCN(CCC)CCCCC1CCN(Nc2nc(Cl)nc3c2ncn3C2CCCC2)CC1. The zero-order valence-corrected chi connectivity index (χ0v) is 21.4. The van der Waals surface area contributed by atoms with Gasteiger partial charge < -0.3 is 14.9 Å². The van der Waals surface area contributed by atoms with Crippen LogP contribution in [0.25, 0.3) is 11.2 Å². The van der Waals surface area contributed by atoms with E-state index in [1.54, 1.807) is 0 Å². The highest BCUT2D eigenvalue weighted by molar-refractivity contribution is 6.28. The van der Waals surface area contributed by atoms with E-state index in [1.165, 1.54) is 90.3 Å². The third kappa shape index (κ3) is 6.58. The van der Waals surface area contributed by atoms with Crippen LogP contribution in [0.1, 0.15) is 90.5 Å². The molecule has 0 atom stereocenters. The zero-order valence-electron chi connectivity index (χ0n) is 20.6. The van der Waals surface area contributed by atoms with Crippen molar-refractivity contribution < 1.29 is 0 Å². The standard InChI is InChI=1S/C25H42ClN7/c1-3-14-31(15-4-2)16-8-7-9-20-12-17-32(18-13-20)30-23-22-24(29-25(26)28-23)33(19-27-22)21-10-5-6-11-21/h19-21H,3-18H2,1-2H3,(H,28,29,30). The monoisotopic (exact) mass is 475 g/mol. The summed E-state index contributed by atoms with van der Waals surface area (Å²) < 4.78 is 2.20. The maximum Gasteiger partial charge on any atom is 0.226 e. The van der Waals surface area contributed by atoms with Gasteiger partial charge in [-0.1, -0.05) is 39.5 Å². The number of aromatic nitrogens is 4. The Morgan fingerprint density at radius 2 is 1.73 bits per heavy atom. The minimum Gasteiger partial charge on any atom is -0.312 e. The van der Waals surface area contributed by atoms with Crippen molar-refractivity contribution in [3.05, 3.63) is 11.6 Å². The predicted octanol–water partition coefficient (Wildman–Crippen LogP) is 5.93. The van der Waals surface area contributed by atoms with Crippen LogP contribution in [0.5, 0.6) is 0 Å². The summed E-state index contributed by atoms with van der Waals surface area (Å²) in [4.78, 5) is 16.3. The van der Waals surface area contributed by atoms with Crippen molar-refractivity contribution in [2.75, 3.05) is 38.1 Å². The molecule has 33 heavy (non-hydrogen) atoms. The number of imidazole rings is 1. The number of rotatable bonds is 12. The molecule has 7 nitrogen and oxygen atoms in total. The quantitative estimate of drug-likeness (QED) is 0.303. The Kier molecular flexibility index (Phi) is 9.21. The number of nitrogens with one attached hydrogen (secondary N) is 1. The third-order valence-corrected chi connectivity index (χ3v) is 7.58. The Balaban J connectivity index is 1.25. The number of piperidine rings is 1. The molecule has 1 saturated carbocycles. The molecular formula is C25H42ClN7. The number of halogens is 1. The van der Waals surface area contributed by atoms with Crippen LogP contribution in [0.2, 0.25) is 5.28 Å². The van der Waals surface area contributed by atoms with Crippen molar-refractivity contribution in [3.8, 4) is 0 Å². The lowest BCUT2D eigenvalue weighted by molar-refractivity contribution is 0.203. The van der Waals surface area contributed by atoms with E-state index in [-0.39, 0.29) is 0 Å². The van der Waals surface area contributed by atoms with Crippen molar-refractivity contribution in [1.82, 2.24) is 29.4 Å². The van der Waals surface area contributed by atoms with E-state index in [0.717, 1.165) is 36.0 Å². The molecule has 4 rings (SSSR count). The van der Waals surface area contributed by atoms with Gasteiger partial charge in [0, 0.05) is 19.1 Å². The van der Waals surface area contributed by atoms with E-state index in [2.05, 4.69) is 48.7 Å². The summed E-state index contributed by atoms with van der Waals surface area (Å²) in [6.07, 6.45) is 15.9. The fraction of sp³-hybridized carbons (Fsp3) is 0.800. The molecule has 0 radical (unpaired) electrons. The Morgan fingerprint density at radius 1 is 1.00 bits per heavy atom. The maximum absolute atomic E-state index is 6.31. The molecule has 1 aliphatic carbocycles. The number of unbranched alkanes of at least 4 members (excludes halogenated alkanes) is 1. The highest BCUT2D eigenvalue weighted by Crippen LogP contribution is 2.33. The van der Waals surface area contributed by atoms with Gasteiger partial charge in [-0.15, -0.1) is 0 Å². The maximum atomic E-state index is 6.31. The van der Waals surface area contributed by atoms with Crippen molar-refractivity contribution in [1.29, 1.82) is 0 Å². The van der Waals surface area contributed by atoms with Crippen LogP contribution in [-0.2, 0) is 0 Å². The average molecular weight is 476 g/mol. The number of fused-ring (bicyclic) bond motifs is 1. The summed E-state index contributed by atoms with van der Waals surface area (Å²) in [5.41, 5.74) is 5.21. The first kappa shape index (κ1) is 24.7. The van der Waals surface area contributed by atoms with Crippen molar-refractivity contribution in [2.45, 2.75) is 90.5 Å². The van der Waals surface area contributed by atoms with E-state index in [1.807, 2.05) is 6.33 Å². The average Bonchev–Trinajstić information content (AvgIpc) is 3.48. The smallest absolute Gasteiger partial charge is 0.226 e. The summed E-state index contributed by atoms with van der Waals surface area (Å²) >= 11 is 6.31. The Labute approximate surface area is 204 Å². The first-order valence-electron chi connectivity index (χ1n) is 13.3. The molecule has 0 unspecified atom stereocenters. The molecule has 0 bridgehead atoms. The second kappa shape index (κ2) is 12.3. The molecule has 3 heterocycles. The molecule has 184 valence electrons. The van der Waals surface area contributed by atoms with Crippen molar-refractivity contribution in [3.63, 3.8) is 0 Å². The van der Waals surface area contributed by atoms with Gasteiger partial charge in [0.15, 0.2) is 17.0 Å². The minimum absolute atomic E-state index is 0.292. The summed E-state index contributed by atoms with van der Waals surface area (Å²) in [6.45, 7) is 10.4. The highest BCUT2D eigenvalue weighted by Gasteiger charge is 2.24. The van der Waals surface area contributed by atoms with Crippen LogP contribution in [0.3, 0.4) is 0 Å². The zero-order chi connectivity index (χ0) is 23.0. The van der Waals surface area contributed by atoms with E-state index in [0.29, 0.717) is 11.3 Å². The van der Waals surface area contributed by atoms with E-state index < -0.39 is 0 Å². The van der Waals surface area contributed by atoms with Gasteiger partial charge in [0.1, 0.15) is 0 Å². The summed E-state index contributed by atoms with van der Waals surface area (Å²) in [6, 6.07) is 0.487. The molecule has 2 aliphatic rings. The van der Waals surface area contributed by atoms with E-state index in [4.69, 9.17) is 11.6 Å². The topological polar surface area (TPSA) is 62.1 Å². The molecule has 0 spiro atoms. The molecule has 0 amide bonds. The minimum atomic E-state index is 0.292. The van der Waals surface area contributed by atoms with Gasteiger partial charge in [-0.05, 0) is 82.1 Å². The van der Waals surface area contributed by atoms with E-state index in [9.17, 15) is 0 Å². The number of hydrazine groups is 1. The second-order valence-corrected chi connectivity index (χ2v) is 10.3. The molecule has 2 fully saturated rings.